The lowest BCUT2D eigenvalue weighted by molar-refractivity contribution is -0.671. The summed E-state index contributed by atoms with van der Waals surface area (Å²) in [7, 11) is 2.00. The zero-order chi connectivity index (χ0) is 24.2. The van der Waals surface area contributed by atoms with Crippen LogP contribution in [0, 0.1) is 6.92 Å². The first-order valence-corrected chi connectivity index (χ1v) is 11.6. The second-order valence-corrected chi connectivity index (χ2v) is 8.78. The maximum atomic E-state index is 12.9. The Labute approximate surface area is 205 Å². The van der Waals surface area contributed by atoms with Crippen molar-refractivity contribution >= 4 is 33.9 Å². The van der Waals surface area contributed by atoms with E-state index < -0.39 is 0 Å². The van der Waals surface area contributed by atoms with Gasteiger partial charge in [0.2, 0.25) is 0 Å². The van der Waals surface area contributed by atoms with E-state index in [1.807, 2.05) is 84.8 Å². The van der Waals surface area contributed by atoms with E-state index in [1.165, 1.54) is 11.1 Å². The van der Waals surface area contributed by atoms with Crippen LogP contribution in [0.15, 0.2) is 104 Å². The van der Waals surface area contributed by atoms with E-state index in [-0.39, 0.29) is 5.91 Å². The van der Waals surface area contributed by atoms with Crippen molar-refractivity contribution in [3.05, 3.63) is 126 Å². The predicted molar refractivity (Wildman–Crippen MR) is 141 cm³/mol. The summed E-state index contributed by atoms with van der Waals surface area (Å²) in [4.78, 5) is 17.3. The number of fused-ring (bicyclic) bond motifs is 1. The van der Waals surface area contributed by atoms with Crippen molar-refractivity contribution in [2.75, 3.05) is 10.6 Å². The molecule has 35 heavy (non-hydrogen) atoms. The molecule has 0 aliphatic rings. The quantitative estimate of drug-likeness (QED) is 0.308. The lowest BCUT2D eigenvalue weighted by atomic mass is 10.0. The van der Waals surface area contributed by atoms with E-state index in [0.717, 1.165) is 39.9 Å². The van der Waals surface area contributed by atoms with Crippen molar-refractivity contribution in [2.45, 2.75) is 13.3 Å². The Morgan fingerprint density at radius 1 is 0.857 bits per heavy atom. The third-order valence-corrected chi connectivity index (χ3v) is 5.96. The fraction of sp³-hybridized carbons (Fsp3) is 0.100. The molecule has 172 valence electrons. The first kappa shape index (κ1) is 22.3. The minimum Gasteiger partial charge on any atom is -0.355 e. The molecule has 0 unspecified atom stereocenters. The Bertz CT molecular complexity index is 1490. The van der Waals surface area contributed by atoms with Gasteiger partial charge in [0.15, 0.2) is 12.4 Å². The zero-order valence-corrected chi connectivity index (χ0v) is 19.8. The van der Waals surface area contributed by atoms with Gasteiger partial charge >= 0.3 is 0 Å². The lowest BCUT2D eigenvalue weighted by Gasteiger charge is -2.11. The van der Waals surface area contributed by atoms with E-state index >= 15 is 0 Å². The van der Waals surface area contributed by atoms with Gasteiger partial charge in [0, 0.05) is 46.3 Å². The Morgan fingerprint density at radius 2 is 1.63 bits per heavy atom. The molecule has 0 atom stereocenters. The number of aromatic nitrogens is 2. The number of pyridine rings is 2. The van der Waals surface area contributed by atoms with Crippen molar-refractivity contribution < 1.29 is 9.36 Å². The number of nitrogens with one attached hydrogen (secondary N) is 2. The molecule has 0 radical (unpaired) electrons. The van der Waals surface area contributed by atoms with Crippen LogP contribution in [0.25, 0.3) is 10.9 Å². The number of amides is 1. The highest BCUT2D eigenvalue weighted by molar-refractivity contribution is 6.04. The highest BCUT2D eigenvalue weighted by atomic mass is 16.1. The van der Waals surface area contributed by atoms with Crippen LogP contribution >= 0.6 is 0 Å². The van der Waals surface area contributed by atoms with Gasteiger partial charge in [-0.1, -0.05) is 24.3 Å². The van der Waals surface area contributed by atoms with E-state index in [2.05, 4.69) is 52.9 Å². The fourth-order valence-corrected chi connectivity index (χ4v) is 4.07. The Balaban J connectivity index is 1.26. The van der Waals surface area contributed by atoms with Crippen molar-refractivity contribution in [3.63, 3.8) is 0 Å². The second kappa shape index (κ2) is 9.77. The van der Waals surface area contributed by atoms with Gasteiger partial charge in [0.1, 0.15) is 7.05 Å². The number of hydrogen-bond donors (Lipinski definition) is 2. The Kier molecular flexibility index (Phi) is 6.22. The molecule has 5 rings (SSSR count). The van der Waals surface area contributed by atoms with Crippen LogP contribution in [0.3, 0.4) is 0 Å². The molecule has 5 nitrogen and oxygen atoms in total. The molecule has 1 amide bonds. The minimum absolute atomic E-state index is 0.123. The number of rotatable bonds is 6. The highest BCUT2D eigenvalue weighted by Gasteiger charge is 2.09. The molecule has 0 spiro atoms. The molecule has 0 aliphatic carbocycles. The standard InChI is InChI=1S/C30H26N4O/c1-21-6-11-27-28(12-15-31-29(27)18-21)32-25-7-9-26(10-8-25)33-30(35)24-5-3-4-23(20-24)19-22-13-16-34(2)17-14-22/h3-18,20H,19H2,1-2H3,(H-,31,32,33,35)/p+1. The van der Waals surface area contributed by atoms with E-state index in [1.54, 1.807) is 0 Å². The minimum atomic E-state index is -0.123. The molecule has 3 aromatic carbocycles. The van der Waals surface area contributed by atoms with Crippen LogP contribution < -0.4 is 15.2 Å². The normalized spacial score (nSPS) is 10.8. The van der Waals surface area contributed by atoms with Crippen LogP contribution in [-0.4, -0.2) is 10.9 Å². The number of anilines is 3. The van der Waals surface area contributed by atoms with Gasteiger partial charge in [0.05, 0.1) is 5.52 Å². The summed E-state index contributed by atoms with van der Waals surface area (Å²) in [6.07, 6.45) is 6.65. The number of aryl methyl sites for hydroxylation is 2. The number of carbonyl (C=O) groups is 1. The molecular formula is C30H27N4O+. The monoisotopic (exact) mass is 459 g/mol. The fourth-order valence-electron chi connectivity index (χ4n) is 4.07. The average molecular weight is 460 g/mol. The SMILES string of the molecule is Cc1ccc2c(Nc3ccc(NC(=O)c4cccc(Cc5cc[n+](C)cc5)c4)cc3)ccnc2c1. The molecule has 0 saturated carbocycles. The number of benzene rings is 3. The first-order chi connectivity index (χ1) is 17.0. The maximum absolute atomic E-state index is 12.9. The summed E-state index contributed by atoms with van der Waals surface area (Å²) >= 11 is 0. The van der Waals surface area contributed by atoms with Gasteiger partial charge in [-0.2, -0.15) is 0 Å². The Hall–Kier alpha value is -4.51. The predicted octanol–water partition coefficient (Wildman–Crippen LogP) is 5.95. The molecule has 2 aromatic heterocycles. The van der Waals surface area contributed by atoms with Gasteiger partial charge in [-0.3, -0.25) is 9.78 Å². The maximum Gasteiger partial charge on any atom is 0.255 e. The number of nitrogens with zero attached hydrogens (tertiary/aromatic N) is 2. The lowest BCUT2D eigenvalue weighted by Crippen LogP contribution is -2.25. The van der Waals surface area contributed by atoms with Crippen molar-refractivity contribution in [1.82, 2.24) is 4.98 Å². The third kappa shape index (κ3) is 5.36. The molecule has 0 bridgehead atoms. The summed E-state index contributed by atoms with van der Waals surface area (Å²) in [5.74, 6) is -0.123. The third-order valence-electron chi connectivity index (χ3n) is 5.96. The van der Waals surface area contributed by atoms with Crippen molar-refractivity contribution in [1.29, 1.82) is 0 Å². The van der Waals surface area contributed by atoms with Crippen LogP contribution in [0.5, 0.6) is 0 Å². The smallest absolute Gasteiger partial charge is 0.255 e. The zero-order valence-electron chi connectivity index (χ0n) is 19.8. The largest absolute Gasteiger partial charge is 0.355 e. The van der Waals surface area contributed by atoms with Gasteiger partial charge in [0.25, 0.3) is 5.91 Å². The van der Waals surface area contributed by atoms with E-state index in [0.29, 0.717) is 5.56 Å². The molecule has 0 aliphatic heterocycles. The summed E-state index contributed by atoms with van der Waals surface area (Å²) in [5.41, 5.74) is 7.78. The molecule has 5 aromatic rings. The van der Waals surface area contributed by atoms with Crippen LogP contribution in [0.4, 0.5) is 17.1 Å². The van der Waals surface area contributed by atoms with Gasteiger partial charge in [-0.05, 0) is 78.6 Å². The molecule has 2 heterocycles. The summed E-state index contributed by atoms with van der Waals surface area (Å²) < 4.78 is 2.01. The van der Waals surface area contributed by atoms with Gasteiger partial charge in [-0.25, -0.2) is 4.57 Å². The summed E-state index contributed by atoms with van der Waals surface area (Å²) in [5, 5.41) is 7.53. The van der Waals surface area contributed by atoms with Gasteiger partial charge in [-0.15, -0.1) is 0 Å². The second-order valence-electron chi connectivity index (χ2n) is 8.78. The number of carbonyl (C=O) groups excluding carboxylic acids is 1. The summed E-state index contributed by atoms with van der Waals surface area (Å²) in [6, 6.07) is 27.9. The number of hydrogen-bond acceptors (Lipinski definition) is 3. The van der Waals surface area contributed by atoms with Crippen molar-refractivity contribution in [2.24, 2.45) is 7.05 Å². The highest BCUT2D eigenvalue weighted by Crippen LogP contribution is 2.26. The molecule has 0 saturated heterocycles. The molecule has 5 heteroatoms. The van der Waals surface area contributed by atoms with Gasteiger partial charge < -0.3 is 10.6 Å². The van der Waals surface area contributed by atoms with Crippen LogP contribution in [0.1, 0.15) is 27.0 Å². The van der Waals surface area contributed by atoms with Crippen LogP contribution in [0.2, 0.25) is 0 Å². The Morgan fingerprint density at radius 3 is 2.43 bits per heavy atom. The van der Waals surface area contributed by atoms with E-state index in [4.69, 9.17) is 0 Å². The summed E-state index contributed by atoms with van der Waals surface area (Å²) in [6.45, 7) is 2.06. The van der Waals surface area contributed by atoms with Crippen molar-refractivity contribution in [3.8, 4) is 0 Å². The average Bonchev–Trinajstić information content (AvgIpc) is 2.87. The molecule has 0 fully saturated rings. The molecule has 2 N–H and O–H groups in total. The first-order valence-electron chi connectivity index (χ1n) is 11.6. The van der Waals surface area contributed by atoms with Crippen LogP contribution in [-0.2, 0) is 13.5 Å². The van der Waals surface area contributed by atoms with E-state index in [9.17, 15) is 4.79 Å². The molecular weight excluding hydrogens is 432 g/mol. The topological polar surface area (TPSA) is 57.9 Å².